The zero-order chi connectivity index (χ0) is 23.6. The summed E-state index contributed by atoms with van der Waals surface area (Å²) in [4.78, 5) is 26.0. The van der Waals surface area contributed by atoms with Crippen molar-refractivity contribution in [2.75, 3.05) is 25.0 Å². The van der Waals surface area contributed by atoms with E-state index < -0.39 is 28.5 Å². The standard InChI is InChI=1S/C23H25N3O5S2/c1-15-7-8-18-19(13-24)22(32-20(18)11-15)25-21(27)14-31-23(28)16-5-4-6-17(12-16)33(29,30)26-9-2-3-10-26/h4-6,12,15H,2-3,7-11,14H2,1H3,(H,25,27)/t15-/m0/s1. The van der Waals surface area contributed by atoms with Gasteiger partial charge in [-0.2, -0.15) is 9.57 Å². The van der Waals surface area contributed by atoms with E-state index in [0.717, 1.165) is 42.5 Å². The highest BCUT2D eigenvalue weighted by atomic mass is 32.2. The van der Waals surface area contributed by atoms with Crippen LogP contribution in [0.1, 0.15) is 52.5 Å². The summed E-state index contributed by atoms with van der Waals surface area (Å²) in [6.45, 7) is 2.56. The lowest BCUT2D eigenvalue weighted by molar-refractivity contribution is -0.119. The van der Waals surface area contributed by atoms with Gasteiger partial charge in [-0.3, -0.25) is 4.79 Å². The Morgan fingerprint density at radius 2 is 2.06 bits per heavy atom. The van der Waals surface area contributed by atoms with Crippen molar-refractivity contribution in [3.8, 4) is 6.07 Å². The summed E-state index contributed by atoms with van der Waals surface area (Å²) in [6, 6.07) is 7.84. The molecule has 8 nitrogen and oxygen atoms in total. The maximum absolute atomic E-state index is 12.7. The Labute approximate surface area is 197 Å². The Kier molecular flexibility index (Phi) is 6.83. The van der Waals surface area contributed by atoms with Gasteiger partial charge >= 0.3 is 5.97 Å². The molecule has 0 radical (unpaired) electrons. The molecular formula is C23H25N3O5S2. The van der Waals surface area contributed by atoms with E-state index in [1.54, 1.807) is 0 Å². The fraction of sp³-hybridized carbons (Fsp3) is 0.435. The molecule has 0 unspecified atom stereocenters. The second kappa shape index (κ2) is 9.63. The van der Waals surface area contributed by atoms with Crippen molar-refractivity contribution in [2.24, 2.45) is 5.92 Å². The smallest absolute Gasteiger partial charge is 0.338 e. The molecule has 1 saturated heterocycles. The number of carbonyl (C=O) groups is 2. The number of amides is 1. The summed E-state index contributed by atoms with van der Waals surface area (Å²) in [7, 11) is -3.66. The number of hydrogen-bond acceptors (Lipinski definition) is 7. The molecule has 1 amide bonds. The van der Waals surface area contributed by atoms with E-state index >= 15 is 0 Å². The van der Waals surface area contributed by atoms with E-state index in [1.807, 2.05) is 0 Å². The van der Waals surface area contributed by atoms with Crippen LogP contribution in [0.3, 0.4) is 0 Å². The zero-order valence-electron chi connectivity index (χ0n) is 18.3. The van der Waals surface area contributed by atoms with Gasteiger partial charge in [-0.15, -0.1) is 11.3 Å². The minimum Gasteiger partial charge on any atom is -0.452 e. The van der Waals surface area contributed by atoms with E-state index in [0.29, 0.717) is 29.6 Å². The van der Waals surface area contributed by atoms with Gasteiger partial charge < -0.3 is 10.1 Å². The van der Waals surface area contributed by atoms with E-state index in [9.17, 15) is 23.3 Å². The fourth-order valence-corrected chi connectivity index (χ4v) is 7.14. The van der Waals surface area contributed by atoms with Gasteiger partial charge in [0.1, 0.15) is 11.1 Å². The van der Waals surface area contributed by atoms with Gasteiger partial charge in [0, 0.05) is 18.0 Å². The van der Waals surface area contributed by atoms with Gasteiger partial charge in [-0.1, -0.05) is 13.0 Å². The van der Waals surface area contributed by atoms with Gasteiger partial charge in [0.25, 0.3) is 5.91 Å². The summed E-state index contributed by atoms with van der Waals surface area (Å²) in [5.74, 6) is -0.798. The molecule has 1 aliphatic heterocycles. The number of fused-ring (bicyclic) bond motifs is 1. The van der Waals surface area contributed by atoms with Gasteiger partial charge in [-0.05, 0) is 61.8 Å². The molecule has 1 N–H and O–H groups in total. The Morgan fingerprint density at radius 1 is 1.30 bits per heavy atom. The first-order chi connectivity index (χ1) is 15.8. The van der Waals surface area contributed by atoms with Crippen molar-refractivity contribution in [3.05, 3.63) is 45.8 Å². The van der Waals surface area contributed by atoms with Gasteiger partial charge in [0.05, 0.1) is 16.0 Å². The number of ether oxygens (including phenoxy) is 1. The number of rotatable bonds is 6. The third-order valence-electron chi connectivity index (χ3n) is 5.98. The fourth-order valence-electron chi connectivity index (χ4n) is 4.20. The second-order valence-corrected chi connectivity index (χ2v) is 11.5. The average Bonchev–Trinajstić information content (AvgIpc) is 3.45. The van der Waals surface area contributed by atoms with Crippen molar-refractivity contribution in [3.63, 3.8) is 0 Å². The average molecular weight is 488 g/mol. The molecule has 33 heavy (non-hydrogen) atoms. The topological polar surface area (TPSA) is 117 Å². The van der Waals surface area contributed by atoms with E-state index in [2.05, 4.69) is 18.3 Å². The van der Waals surface area contributed by atoms with Crippen LogP contribution in [-0.2, 0) is 32.4 Å². The largest absolute Gasteiger partial charge is 0.452 e. The molecule has 2 heterocycles. The number of nitriles is 1. The highest BCUT2D eigenvalue weighted by Gasteiger charge is 2.28. The van der Waals surface area contributed by atoms with Crippen LogP contribution in [0.25, 0.3) is 0 Å². The molecule has 2 aliphatic rings. The number of hydrogen-bond donors (Lipinski definition) is 1. The van der Waals surface area contributed by atoms with Gasteiger partial charge in [0.15, 0.2) is 6.61 Å². The Balaban J connectivity index is 1.40. The molecular weight excluding hydrogens is 462 g/mol. The number of nitrogens with one attached hydrogen (secondary N) is 1. The minimum absolute atomic E-state index is 0.0281. The summed E-state index contributed by atoms with van der Waals surface area (Å²) in [5, 5.41) is 12.7. The molecule has 0 saturated carbocycles. The number of nitrogens with zero attached hydrogens (tertiary/aromatic N) is 2. The van der Waals surface area contributed by atoms with Crippen LogP contribution in [0, 0.1) is 17.2 Å². The first-order valence-corrected chi connectivity index (χ1v) is 13.2. The summed E-state index contributed by atoms with van der Waals surface area (Å²) < 4.78 is 32.0. The number of anilines is 1. The zero-order valence-corrected chi connectivity index (χ0v) is 19.9. The molecule has 2 aromatic rings. The van der Waals surface area contributed by atoms with Gasteiger partial charge in [0.2, 0.25) is 10.0 Å². The maximum Gasteiger partial charge on any atom is 0.338 e. The van der Waals surface area contributed by atoms with Crippen LogP contribution in [-0.4, -0.2) is 44.3 Å². The number of thiophene rings is 1. The SMILES string of the molecule is C[C@H]1CCc2c(sc(NC(=O)COC(=O)c3cccc(S(=O)(=O)N4CCCC4)c3)c2C#N)C1. The number of benzene rings is 1. The van der Waals surface area contributed by atoms with E-state index in [4.69, 9.17) is 4.74 Å². The molecule has 4 rings (SSSR count). The van der Waals surface area contributed by atoms with Crippen LogP contribution in [0.4, 0.5) is 5.00 Å². The molecule has 1 aromatic heterocycles. The van der Waals surface area contributed by atoms with Crippen molar-refractivity contribution in [2.45, 2.75) is 43.9 Å². The van der Waals surface area contributed by atoms with Crippen molar-refractivity contribution in [1.82, 2.24) is 4.31 Å². The first-order valence-electron chi connectivity index (χ1n) is 10.9. The van der Waals surface area contributed by atoms with Gasteiger partial charge in [-0.25, -0.2) is 13.2 Å². The number of carbonyl (C=O) groups excluding carboxylic acids is 2. The predicted octanol–water partition coefficient (Wildman–Crippen LogP) is 3.32. The molecule has 0 spiro atoms. The molecule has 10 heteroatoms. The van der Waals surface area contributed by atoms with E-state index in [1.165, 1.54) is 39.9 Å². The van der Waals surface area contributed by atoms with Crippen LogP contribution in [0.2, 0.25) is 0 Å². The number of sulfonamides is 1. The second-order valence-electron chi connectivity index (χ2n) is 8.43. The molecule has 0 bridgehead atoms. The normalized spacial score (nSPS) is 18.4. The van der Waals surface area contributed by atoms with Crippen LogP contribution >= 0.6 is 11.3 Å². The summed E-state index contributed by atoms with van der Waals surface area (Å²) >= 11 is 1.40. The lowest BCUT2D eigenvalue weighted by Gasteiger charge is -2.17. The first kappa shape index (κ1) is 23.4. The molecule has 1 atom stereocenters. The molecule has 174 valence electrons. The van der Waals surface area contributed by atoms with Crippen LogP contribution in [0.5, 0.6) is 0 Å². The van der Waals surface area contributed by atoms with Crippen LogP contribution in [0.15, 0.2) is 29.2 Å². The Morgan fingerprint density at radius 3 is 2.79 bits per heavy atom. The van der Waals surface area contributed by atoms with Crippen molar-refractivity contribution in [1.29, 1.82) is 5.26 Å². The monoisotopic (exact) mass is 487 g/mol. The van der Waals surface area contributed by atoms with E-state index in [-0.39, 0.29) is 10.5 Å². The molecule has 1 fully saturated rings. The molecule has 1 aromatic carbocycles. The lowest BCUT2D eigenvalue weighted by atomic mass is 9.89. The Bertz CT molecular complexity index is 1220. The lowest BCUT2D eigenvalue weighted by Crippen LogP contribution is -2.28. The third kappa shape index (κ3) is 4.95. The highest BCUT2D eigenvalue weighted by molar-refractivity contribution is 7.89. The summed E-state index contributed by atoms with van der Waals surface area (Å²) in [5.41, 5.74) is 1.55. The quantitative estimate of drug-likeness (QED) is 0.625. The third-order valence-corrected chi connectivity index (χ3v) is 9.05. The van der Waals surface area contributed by atoms with Crippen molar-refractivity contribution >= 4 is 38.2 Å². The molecule has 1 aliphatic carbocycles. The van der Waals surface area contributed by atoms with Crippen molar-refractivity contribution < 1.29 is 22.7 Å². The summed E-state index contributed by atoms with van der Waals surface area (Å²) in [6.07, 6.45) is 4.34. The predicted molar refractivity (Wildman–Crippen MR) is 124 cm³/mol. The Hall–Kier alpha value is -2.74. The van der Waals surface area contributed by atoms with Crippen LogP contribution < -0.4 is 5.32 Å². The maximum atomic E-state index is 12.7. The highest BCUT2D eigenvalue weighted by Crippen LogP contribution is 2.39. The number of esters is 1. The minimum atomic E-state index is -3.66.